The molecule has 0 radical (unpaired) electrons. The Morgan fingerprint density at radius 2 is 2.04 bits per heavy atom. The monoisotopic (exact) mass is 399 g/mol. The molecular formula is C17H25N3O4S2. The Morgan fingerprint density at radius 3 is 2.77 bits per heavy atom. The maximum atomic E-state index is 10.7. The summed E-state index contributed by atoms with van der Waals surface area (Å²) in [5, 5.41) is 11.3. The third kappa shape index (κ3) is 5.70. The highest BCUT2D eigenvalue weighted by atomic mass is 32.2. The van der Waals surface area contributed by atoms with Gasteiger partial charge in [0, 0.05) is 45.3 Å². The van der Waals surface area contributed by atoms with Gasteiger partial charge in [0.2, 0.25) is 0 Å². The van der Waals surface area contributed by atoms with Crippen LogP contribution in [0.1, 0.15) is 5.01 Å². The molecule has 2 heterocycles. The lowest BCUT2D eigenvalue weighted by Gasteiger charge is -2.35. The molecule has 1 fully saturated rings. The van der Waals surface area contributed by atoms with Gasteiger partial charge in [-0.1, -0.05) is 0 Å². The molecule has 1 aliphatic heterocycles. The lowest BCUT2D eigenvalue weighted by atomic mass is 10.2. The van der Waals surface area contributed by atoms with Crippen LogP contribution in [0.15, 0.2) is 18.2 Å². The van der Waals surface area contributed by atoms with Gasteiger partial charge in [0.15, 0.2) is 11.1 Å². The molecule has 3 rings (SSSR count). The van der Waals surface area contributed by atoms with E-state index in [-0.39, 0.29) is 6.61 Å². The van der Waals surface area contributed by atoms with Crippen LogP contribution in [0.5, 0.6) is 5.75 Å². The van der Waals surface area contributed by atoms with Crippen LogP contribution in [-0.4, -0.2) is 86.4 Å². The maximum absolute atomic E-state index is 10.7. The first-order valence-corrected chi connectivity index (χ1v) is 10.8. The molecule has 1 saturated heterocycles. The number of hydrogen-bond acceptors (Lipinski definition) is 7. The van der Waals surface area contributed by atoms with Gasteiger partial charge in [0.1, 0.15) is 18.5 Å². The van der Waals surface area contributed by atoms with E-state index >= 15 is 0 Å². The topological polar surface area (TPSA) is 86.1 Å². The number of aliphatic hydroxyl groups excluding tert-OH is 1. The summed E-state index contributed by atoms with van der Waals surface area (Å²) in [4.78, 5) is 8.84. The van der Waals surface area contributed by atoms with E-state index < -0.39 is 17.2 Å². The van der Waals surface area contributed by atoms with E-state index in [1.807, 2.05) is 25.1 Å². The molecule has 0 aliphatic carbocycles. The summed E-state index contributed by atoms with van der Waals surface area (Å²) in [5.74, 6) is 1.02. The summed E-state index contributed by atoms with van der Waals surface area (Å²) in [7, 11) is 0. The van der Waals surface area contributed by atoms with Crippen molar-refractivity contribution in [1.82, 2.24) is 14.8 Å². The lowest BCUT2D eigenvalue weighted by Crippen LogP contribution is -2.49. The molecule has 1 aromatic heterocycles. The molecule has 0 amide bonds. The molecule has 2 atom stereocenters. The molecule has 0 saturated carbocycles. The summed E-state index contributed by atoms with van der Waals surface area (Å²) in [6, 6.07) is 5.83. The SMILES string of the molecule is Cc1nc2cc(OCC(O)CN3CCN(CCS(=O)O)CC3)ccc2s1. The highest BCUT2D eigenvalue weighted by Gasteiger charge is 2.19. The predicted octanol–water partition coefficient (Wildman–Crippen LogP) is 1.18. The molecule has 26 heavy (non-hydrogen) atoms. The van der Waals surface area contributed by atoms with Crippen LogP contribution in [0.4, 0.5) is 0 Å². The Balaban J connectivity index is 1.40. The zero-order valence-electron chi connectivity index (χ0n) is 14.8. The van der Waals surface area contributed by atoms with E-state index in [1.54, 1.807) is 11.3 Å². The minimum absolute atomic E-state index is 0.248. The molecule has 2 unspecified atom stereocenters. The Labute approximate surface area is 159 Å². The molecule has 1 aliphatic rings. The van der Waals surface area contributed by atoms with Gasteiger partial charge in [-0.25, -0.2) is 9.19 Å². The molecule has 2 N–H and O–H groups in total. The second-order valence-corrected chi connectivity index (χ2v) is 8.78. The molecule has 9 heteroatoms. The largest absolute Gasteiger partial charge is 0.491 e. The molecule has 2 aromatic rings. The van der Waals surface area contributed by atoms with Crippen molar-refractivity contribution in [2.75, 3.05) is 51.6 Å². The van der Waals surface area contributed by atoms with Crippen molar-refractivity contribution in [3.63, 3.8) is 0 Å². The van der Waals surface area contributed by atoms with E-state index in [4.69, 9.17) is 9.29 Å². The number of β-amino-alcohol motifs (C(OH)–C–C–N with tert-alkyl or cyclic N) is 1. The van der Waals surface area contributed by atoms with Gasteiger partial charge in [-0.3, -0.25) is 9.80 Å². The number of ether oxygens (including phenoxy) is 1. The molecule has 144 valence electrons. The average molecular weight is 400 g/mol. The molecule has 0 spiro atoms. The van der Waals surface area contributed by atoms with Gasteiger partial charge in [-0.15, -0.1) is 11.3 Å². The predicted molar refractivity (Wildman–Crippen MR) is 104 cm³/mol. The lowest BCUT2D eigenvalue weighted by molar-refractivity contribution is 0.0472. The number of piperazine rings is 1. The van der Waals surface area contributed by atoms with Gasteiger partial charge in [-0.05, 0) is 19.1 Å². The van der Waals surface area contributed by atoms with E-state index in [1.165, 1.54) is 0 Å². The number of hydrogen-bond donors (Lipinski definition) is 2. The van der Waals surface area contributed by atoms with Crippen LogP contribution in [0.3, 0.4) is 0 Å². The third-order valence-electron chi connectivity index (χ3n) is 4.42. The minimum Gasteiger partial charge on any atom is -0.491 e. The number of aryl methyl sites for hydroxylation is 1. The summed E-state index contributed by atoms with van der Waals surface area (Å²) in [6.45, 7) is 6.84. The fourth-order valence-electron chi connectivity index (χ4n) is 3.06. The van der Waals surface area contributed by atoms with Crippen molar-refractivity contribution in [3.05, 3.63) is 23.2 Å². The average Bonchev–Trinajstić information content (AvgIpc) is 2.98. The number of thiazole rings is 1. The van der Waals surface area contributed by atoms with E-state index in [0.717, 1.165) is 47.2 Å². The van der Waals surface area contributed by atoms with Crippen molar-refractivity contribution < 1.29 is 18.6 Å². The standard InChI is InChI=1S/C17H25N3O4S2/c1-13-18-16-10-15(2-3-17(16)25-13)24-12-14(21)11-20-6-4-19(5-7-20)8-9-26(22)23/h2-3,10,14,21H,4-9,11-12H2,1H3,(H,22,23). The van der Waals surface area contributed by atoms with Gasteiger partial charge in [0.25, 0.3) is 0 Å². The fourth-order valence-corrected chi connectivity index (χ4v) is 4.28. The summed E-state index contributed by atoms with van der Waals surface area (Å²) < 4.78 is 26.5. The fraction of sp³-hybridized carbons (Fsp3) is 0.588. The summed E-state index contributed by atoms with van der Waals surface area (Å²) in [6.07, 6.45) is -0.556. The van der Waals surface area contributed by atoms with Crippen LogP contribution < -0.4 is 4.74 Å². The minimum atomic E-state index is -1.73. The second-order valence-electron chi connectivity index (χ2n) is 6.50. The molecular weight excluding hydrogens is 374 g/mol. The van der Waals surface area contributed by atoms with Crippen molar-refractivity contribution in [2.24, 2.45) is 0 Å². The first-order chi connectivity index (χ1) is 12.5. The van der Waals surface area contributed by atoms with Gasteiger partial charge in [-0.2, -0.15) is 0 Å². The number of aliphatic hydroxyl groups is 1. The smallest absolute Gasteiger partial charge is 0.154 e. The highest BCUT2D eigenvalue weighted by molar-refractivity contribution is 7.79. The molecule has 7 nitrogen and oxygen atoms in total. The highest BCUT2D eigenvalue weighted by Crippen LogP contribution is 2.25. The third-order valence-corrected chi connectivity index (χ3v) is 5.91. The van der Waals surface area contributed by atoms with E-state index in [2.05, 4.69) is 14.8 Å². The van der Waals surface area contributed by atoms with Crippen molar-refractivity contribution in [3.8, 4) is 5.75 Å². The number of rotatable bonds is 8. The van der Waals surface area contributed by atoms with Gasteiger partial charge in [0.05, 0.1) is 21.0 Å². The van der Waals surface area contributed by atoms with Crippen molar-refractivity contribution >= 4 is 32.6 Å². The summed E-state index contributed by atoms with van der Waals surface area (Å²) in [5.41, 5.74) is 0.930. The Kier molecular flexibility index (Phi) is 6.96. The Hall–Kier alpha value is -1.10. The molecule has 0 bridgehead atoms. The van der Waals surface area contributed by atoms with Crippen molar-refractivity contribution in [2.45, 2.75) is 13.0 Å². The van der Waals surface area contributed by atoms with Crippen molar-refractivity contribution in [1.29, 1.82) is 0 Å². The van der Waals surface area contributed by atoms with Crippen LogP contribution in [0.25, 0.3) is 10.2 Å². The van der Waals surface area contributed by atoms with Crippen LogP contribution in [0, 0.1) is 6.92 Å². The van der Waals surface area contributed by atoms with Gasteiger partial charge >= 0.3 is 0 Å². The number of aromatic nitrogens is 1. The quantitative estimate of drug-likeness (QED) is 0.645. The van der Waals surface area contributed by atoms with E-state index in [0.29, 0.717) is 18.8 Å². The number of nitrogens with zero attached hydrogens (tertiary/aromatic N) is 3. The first-order valence-electron chi connectivity index (χ1n) is 8.70. The normalized spacial score (nSPS) is 18.9. The number of fused-ring (bicyclic) bond motifs is 1. The maximum Gasteiger partial charge on any atom is 0.154 e. The molecule has 1 aromatic carbocycles. The Bertz CT molecular complexity index is 747. The van der Waals surface area contributed by atoms with E-state index in [9.17, 15) is 9.32 Å². The zero-order chi connectivity index (χ0) is 18.5. The zero-order valence-corrected chi connectivity index (χ0v) is 16.5. The number of benzene rings is 1. The second kappa shape index (κ2) is 9.20. The van der Waals surface area contributed by atoms with Crippen LogP contribution in [-0.2, 0) is 11.1 Å². The van der Waals surface area contributed by atoms with Gasteiger partial charge < -0.3 is 14.4 Å². The summed E-state index contributed by atoms with van der Waals surface area (Å²) >= 11 is -0.0733. The van der Waals surface area contributed by atoms with Crippen LogP contribution >= 0.6 is 11.3 Å². The Morgan fingerprint density at radius 1 is 1.31 bits per heavy atom. The van der Waals surface area contributed by atoms with Crippen LogP contribution in [0.2, 0.25) is 0 Å². The first kappa shape index (κ1) is 19.7.